The lowest BCUT2D eigenvalue weighted by Crippen LogP contribution is -2.50. The monoisotopic (exact) mass is 275 g/mol. The zero-order valence-corrected chi connectivity index (χ0v) is 12.3. The number of nitrogens with zero attached hydrogens (tertiary/aromatic N) is 3. The summed E-state index contributed by atoms with van der Waals surface area (Å²) in [4.78, 5) is 11.3. The Balaban J connectivity index is 1.85. The minimum absolute atomic E-state index is 0.425. The van der Waals surface area contributed by atoms with E-state index >= 15 is 0 Å². The first kappa shape index (κ1) is 13.6. The molecule has 0 unspecified atom stereocenters. The molecule has 0 spiro atoms. The quantitative estimate of drug-likeness (QED) is 0.863. The second-order valence-corrected chi connectivity index (χ2v) is 6.09. The Morgan fingerprint density at radius 2 is 2.05 bits per heavy atom. The van der Waals surface area contributed by atoms with Gasteiger partial charge in [-0.2, -0.15) is 4.98 Å². The van der Waals surface area contributed by atoms with Gasteiger partial charge in [0.05, 0.1) is 5.69 Å². The molecule has 1 aliphatic carbocycles. The molecule has 110 valence electrons. The molecule has 3 rings (SSSR count). The van der Waals surface area contributed by atoms with Crippen molar-refractivity contribution >= 4 is 11.8 Å². The van der Waals surface area contributed by atoms with Gasteiger partial charge in [0.2, 0.25) is 5.95 Å². The SMILES string of the molecule is C[C@H]1CNCCN1c1cc(C2CCCCC2)nc(N)n1. The van der Waals surface area contributed by atoms with E-state index in [1.807, 2.05) is 0 Å². The van der Waals surface area contributed by atoms with Crippen LogP contribution in [0.1, 0.15) is 50.6 Å². The van der Waals surface area contributed by atoms with Crippen LogP contribution in [0.15, 0.2) is 6.07 Å². The van der Waals surface area contributed by atoms with E-state index in [0.717, 1.165) is 31.1 Å². The summed E-state index contributed by atoms with van der Waals surface area (Å²) in [6.45, 7) is 5.22. The maximum absolute atomic E-state index is 5.95. The van der Waals surface area contributed by atoms with Crippen LogP contribution in [0.4, 0.5) is 11.8 Å². The number of nitrogens with two attached hydrogens (primary N) is 1. The maximum atomic E-state index is 5.95. The molecule has 3 N–H and O–H groups in total. The Bertz CT molecular complexity index is 456. The van der Waals surface area contributed by atoms with Crippen molar-refractivity contribution in [3.8, 4) is 0 Å². The zero-order valence-electron chi connectivity index (χ0n) is 12.3. The third-order valence-corrected chi connectivity index (χ3v) is 4.57. The fraction of sp³-hybridized carbons (Fsp3) is 0.733. The van der Waals surface area contributed by atoms with Crippen molar-refractivity contribution in [1.82, 2.24) is 15.3 Å². The third-order valence-electron chi connectivity index (χ3n) is 4.57. The van der Waals surface area contributed by atoms with Crippen molar-refractivity contribution in [2.45, 2.75) is 51.0 Å². The van der Waals surface area contributed by atoms with Gasteiger partial charge in [-0.05, 0) is 19.8 Å². The van der Waals surface area contributed by atoms with Crippen LogP contribution < -0.4 is 16.0 Å². The number of nitrogens with one attached hydrogen (secondary N) is 1. The van der Waals surface area contributed by atoms with Crippen molar-refractivity contribution < 1.29 is 0 Å². The van der Waals surface area contributed by atoms with E-state index in [1.165, 1.54) is 32.1 Å². The first-order valence-corrected chi connectivity index (χ1v) is 7.86. The standard InChI is InChI=1S/C15H25N5/c1-11-10-17-7-8-20(11)14-9-13(18-15(16)19-14)12-5-3-2-4-6-12/h9,11-12,17H,2-8,10H2,1H3,(H2,16,18,19)/t11-/m0/s1. The Kier molecular flexibility index (Phi) is 4.05. The van der Waals surface area contributed by atoms with Crippen LogP contribution in [0, 0.1) is 0 Å². The molecule has 0 bridgehead atoms. The molecule has 5 nitrogen and oxygen atoms in total. The summed E-state index contributed by atoms with van der Waals surface area (Å²) in [5.41, 5.74) is 7.10. The van der Waals surface area contributed by atoms with Crippen molar-refractivity contribution in [3.05, 3.63) is 11.8 Å². The Labute approximate surface area is 121 Å². The second kappa shape index (κ2) is 5.95. The summed E-state index contributed by atoms with van der Waals surface area (Å²) in [7, 11) is 0. The van der Waals surface area contributed by atoms with Gasteiger partial charge >= 0.3 is 0 Å². The molecule has 1 aromatic rings. The van der Waals surface area contributed by atoms with Crippen molar-refractivity contribution in [2.75, 3.05) is 30.3 Å². The molecule has 0 aromatic carbocycles. The van der Waals surface area contributed by atoms with Gasteiger partial charge in [0.1, 0.15) is 5.82 Å². The van der Waals surface area contributed by atoms with Crippen LogP contribution in [0.5, 0.6) is 0 Å². The van der Waals surface area contributed by atoms with Gasteiger partial charge in [0.15, 0.2) is 0 Å². The Morgan fingerprint density at radius 3 is 2.80 bits per heavy atom. The van der Waals surface area contributed by atoms with Crippen molar-refractivity contribution in [2.24, 2.45) is 0 Å². The number of anilines is 2. The largest absolute Gasteiger partial charge is 0.368 e. The summed E-state index contributed by atoms with van der Waals surface area (Å²) in [5, 5.41) is 3.41. The smallest absolute Gasteiger partial charge is 0.222 e. The lowest BCUT2D eigenvalue weighted by Gasteiger charge is -2.35. The van der Waals surface area contributed by atoms with Crippen LogP contribution in [-0.2, 0) is 0 Å². The fourth-order valence-electron chi connectivity index (χ4n) is 3.41. The van der Waals surface area contributed by atoms with Gasteiger partial charge in [-0.3, -0.25) is 0 Å². The van der Waals surface area contributed by atoms with Gasteiger partial charge in [0.25, 0.3) is 0 Å². The first-order valence-electron chi connectivity index (χ1n) is 7.86. The lowest BCUT2D eigenvalue weighted by molar-refractivity contribution is 0.436. The topological polar surface area (TPSA) is 67.1 Å². The molecule has 20 heavy (non-hydrogen) atoms. The molecule has 2 heterocycles. The summed E-state index contributed by atoms with van der Waals surface area (Å²) in [6.07, 6.45) is 6.47. The van der Waals surface area contributed by atoms with Gasteiger partial charge in [-0.1, -0.05) is 19.3 Å². The summed E-state index contributed by atoms with van der Waals surface area (Å²) >= 11 is 0. The molecule has 1 saturated carbocycles. The molecule has 5 heteroatoms. The molecule has 2 aliphatic rings. The van der Waals surface area contributed by atoms with E-state index in [9.17, 15) is 0 Å². The zero-order chi connectivity index (χ0) is 13.9. The van der Waals surface area contributed by atoms with Crippen LogP contribution in [0.3, 0.4) is 0 Å². The van der Waals surface area contributed by atoms with Crippen LogP contribution in [0.25, 0.3) is 0 Å². The predicted octanol–water partition coefficient (Wildman–Crippen LogP) is 1.90. The molecule has 1 atom stereocenters. The summed E-state index contributed by atoms with van der Waals surface area (Å²) < 4.78 is 0. The highest BCUT2D eigenvalue weighted by Crippen LogP contribution is 2.33. The normalized spacial score (nSPS) is 24.9. The molecule has 1 saturated heterocycles. The average molecular weight is 275 g/mol. The van der Waals surface area contributed by atoms with Gasteiger partial charge in [-0.15, -0.1) is 0 Å². The van der Waals surface area contributed by atoms with E-state index in [1.54, 1.807) is 0 Å². The molecule has 2 fully saturated rings. The highest BCUT2D eigenvalue weighted by atomic mass is 15.3. The van der Waals surface area contributed by atoms with Gasteiger partial charge < -0.3 is 16.0 Å². The van der Waals surface area contributed by atoms with E-state index in [0.29, 0.717) is 17.9 Å². The molecular formula is C15H25N5. The number of nitrogen functional groups attached to an aromatic ring is 1. The Hall–Kier alpha value is -1.36. The minimum atomic E-state index is 0.425. The number of aromatic nitrogens is 2. The van der Waals surface area contributed by atoms with Crippen molar-refractivity contribution in [1.29, 1.82) is 0 Å². The van der Waals surface area contributed by atoms with E-state index in [2.05, 4.69) is 33.2 Å². The highest BCUT2D eigenvalue weighted by Gasteiger charge is 2.23. The van der Waals surface area contributed by atoms with Crippen molar-refractivity contribution in [3.63, 3.8) is 0 Å². The fourth-order valence-corrected chi connectivity index (χ4v) is 3.41. The average Bonchev–Trinajstić information content (AvgIpc) is 2.48. The van der Waals surface area contributed by atoms with Gasteiger partial charge in [-0.25, -0.2) is 4.98 Å². The van der Waals surface area contributed by atoms with Crippen LogP contribution >= 0.6 is 0 Å². The number of piperazine rings is 1. The van der Waals surface area contributed by atoms with E-state index < -0.39 is 0 Å². The molecule has 1 aromatic heterocycles. The summed E-state index contributed by atoms with van der Waals surface area (Å²) in [5.74, 6) is 2.01. The highest BCUT2D eigenvalue weighted by molar-refractivity contribution is 5.45. The number of rotatable bonds is 2. The van der Waals surface area contributed by atoms with Crippen LogP contribution in [0.2, 0.25) is 0 Å². The molecule has 0 amide bonds. The minimum Gasteiger partial charge on any atom is -0.368 e. The summed E-state index contributed by atoms with van der Waals surface area (Å²) in [6, 6.07) is 2.63. The predicted molar refractivity (Wildman–Crippen MR) is 81.9 cm³/mol. The number of hydrogen-bond acceptors (Lipinski definition) is 5. The molecule has 0 radical (unpaired) electrons. The third kappa shape index (κ3) is 2.87. The lowest BCUT2D eigenvalue weighted by atomic mass is 9.87. The van der Waals surface area contributed by atoms with E-state index in [-0.39, 0.29) is 0 Å². The molecule has 1 aliphatic heterocycles. The first-order chi connectivity index (χ1) is 9.74. The Morgan fingerprint density at radius 1 is 1.25 bits per heavy atom. The van der Waals surface area contributed by atoms with E-state index in [4.69, 9.17) is 5.73 Å². The van der Waals surface area contributed by atoms with Crippen LogP contribution in [-0.4, -0.2) is 35.6 Å². The molecular weight excluding hydrogens is 250 g/mol. The second-order valence-electron chi connectivity index (χ2n) is 6.09. The maximum Gasteiger partial charge on any atom is 0.222 e. The number of hydrogen-bond donors (Lipinski definition) is 2. The van der Waals surface area contributed by atoms with Gasteiger partial charge in [0, 0.05) is 37.7 Å².